The van der Waals surface area contributed by atoms with E-state index in [9.17, 15) is 27.0 Å². The van der Waals surface area contributed by atoms with Crippen LogP contribution in [0.5, 0.6) is 11.8 Å². The predicted octanol–water partition coefficient (Wildman–Crippen LogP) is 8.62. The number of sulfonamides is 2. The molecule has 4 N–H and O–H groups in total. The van der Waals surface area contributed by atoms with E-state index in [1.165, 1.54) is 48.8 Å². The van der Waals surface area contributed by atoms with Gasteiger partial charge in [-0.1, -0.05) is 130 Å². The summed E-state index contributed by atoms with van der Waals surface area (Å²) in [6, 6.07) is 22.6. The molecule has 0 aliphatic rings. The highest BCUT2D eigenvalue weighted by atomic mass is 35.5. The summed E-state index contributed by atoms with van der Waals surface area (Å²) in [6.07, 6.45) is 2.44. The summed E-state index contributed by atoms with van der Waals surface area (Å²) in [5.74, 6) is -0.613. The van der Waals surface area contributed by atoms with E-state index in [0.29, 0.717) is 22.3 Å². The average Bonchev–Trinajstić information content (AvgIpc) is 3.19. The minimum absolute atomic E-state index is 0.0275. The molecule has 0 spiro atoms. The molecule has 6 aromatic rings. The first-order valence-corrected chi connectivity index (χ1v) is 21.5. The van der Waals surface area contributed by atoms with Crippen LogP contribution in [0.15, 0.2) is 107 Å². The van der Waals surface area contributed by atoms with Gasteiger partial charge < -0.3 is 19.7 Å². The van der Waals surface area contributed by atoms with Crippen molar-refractivity contribution in [2.24, 2.45) is 0 Å². The van der Waals surface area contributed by atoms with Crippen molar-refractivity contribution in [3.8, 4) is 11.8 Å². The van der Waals surface area contributed by atoms with Crippen molar-refractivity contribution in [1.29, 1.82) is 0 Å². The van der Waals surface area contributed by atoms with E-state index >= 15 is 0 Å². The van der Waals surface area contributed by atoms with Gasteiger partial charge in [0.25, 0.3) is 31.8 Å². The highest BCUT2D eigenvalue weighted by molar-refractivity contribution is 7.93. The van der Waals surface area contributed by atoms with Gasteiger partial charge >= 0.3 is 0 Å². The first-order valence-electron chi connectivity index (χ1n) is 16.2. The van der Waals surface area contributed by atoms with Gasteiger partial charge in [-0.2, -0.15) is 0 Å². The summed E-state index contributed by atoms with van der Waals surface area (Å²) < 4.78 is 66.8. The Morgan fingerprint density at radius 1 is 0.517 bits per heavy atom. The Hall–Kier alpha value is -4.20. The lowest BCUT2D eigenvalue weighted by Crippen LogP contribution is -2.16. The molecule has 58 heavy (non-hydrogen) atoms. The fraction of sp³-hybridized carbons (Fsp3) is 0.111. The Morgan fingerprint density at radius 3 is 1.24 bits per heavy atom. The number of aromatic nitrogens is 4. The second-order valence-corrected chi connectivity index (χ2v) is 17.1. The van der Waals surface area contributed by atoms with Gasteiger partial charge in [-0.15, -0.1) is 0 Å². The van der Waals surface area contributed by atoms with E-state index in [1.54, 1.807) is 48.5 Å². The quantitative estimate of drug-likeness (QED) is 0.0811. The number of hydrogen-bond acceptors (Lipinski definition) is 12. The molecule has 22 heteroatoms. The number of nitrogens with zero attached hydrogens (tertiary/aromatic N) is 4. The summed E-state index contributed by atoms with van der Waals surface area (Å²) in [7, 11) is -8.30. The minimum atomic E-state index is -4.15. The van der Waals surface area contributed by atoms with Crippen LogP contribution in [-0.2, 0) is 46.5 Å². The third kappa shape index (κ3) is 11.5. The highest BCUT2D eigenvalue weighted by Crippen LogP contribution is 2.33. The second kappa shape index (κ2) is 20.2. The lowest BCUT2D eigenvalue weighted by molar-refractivity contribution is 0.266. The van der Waals surface area contributed by atoms with Crippen LogP contribution in [0.4, 0.5) is 11.6 Å². The number of ether oxygens (including phenoxy) is 2. The third-order valence-electron chi connectivity index (χ3n) is 7.60. The number of halogens is 6. The van der Waals surface area contributed by atoms with Crippen LogP contribution in [0.25, 0.3) is 0 Å². The summed E-state index contributed by atoms with van der Waals surface area (Å²) in [4.78, 5) is 15.4. The Morgan fingerprint density at radius 2 is 0.879 bits per heavy atom. The van der Waals surface area contributed by atoms with Crippen molar-refractivity contribution in [2.45, 2.75) is 36.2 Å². The molecule has 0 fully saturated rings. The van der Waals surface area contributed by atoms with Gasteiger partial charge in [0.05, 0.1) is 45.7 Å². The Bertz CT molecular complexity index is 2470. The first kappa shape index (κ1) is 44.9. The number of rotatable bonds is 14. The monoisotopic (exact) mass is 946 g/mol. The van der Waals surface area contributed by atoms with Gasteiger partial charge in [-0.3, -0.25) is 9.44 Å². The largest absolute Gasteiger partial charge is 0.470 e. The third-order valence-corrected chi connectivity index (χ3v) is 12.6. The van der Waals surface area contributed by atoms with Crippen LogP contribution in [0.2, 0.25) is 30.4 Å². The molecule has 0 atom stereocenters. The fourth-order valence-corrected chi connectivity index (χ4v) is 8.59. The average molecular weight is 950 g/mol. The molecule has 2 aromatic heterocycles. The van der Waals surface area contributed by atoms with Gasteiger partial charge in [0.2, 0.25) is 11.6 Å². The van der Waals surface area contributed by atoms with Gasteiger partial charge in [0.15, 0.2) is 0 Å². The van der Waals surface area contributed by atoms with Gasteiger partial charge in [-0.05, 0) is 46.5 Å². The van der Waals surface area contributed by atoms with E-state index in [-0.39, 0.29) is 90.0 Å². The van der Waals surface area contributed by atoms with Crippen molar-refractivity contribution in [3.63, 3.8) is 0 Å². The topological polar surface area (TPSA) is 203 Å². The van der Waals surface area contributed by atoms with E-state index in [1.807, 2.05) is 0 Å². The van der Waals surface area contributed by atoms with Crippen LogP contribution < -0.4 is 18.9 Å². The van der Waals surface area contributed by atoms with E-state index in [4.69, 9.17) is 79.1 Å². The van der Waals surface area contributed by atoms with Crippen molar-refractivity contribution >= 4 is 101 Å². The Balaban J connectivity index is 0.000000221. The maximum absolute atomic E-state index is 12.8. The number of aliphatic hydroxyl groups is 2. The molecule has 0 aliphatic heterocycles. The summed E-state index contributed by atoms with van der Waals surface area (Å²) in [5, 5.41) is 18.7. The minimum Gasteiger partial charge on any atom is -0.470 e. The van der Waals surface area contributed by atoms with Gasteiger partial charge in [0.1, 0.15) is 33.3 Å². The zero-order chi connectivity index (χ0) is 42.0. The lowest BCUT2D eigenvalue weighted by atomic mass is 10.1. The molecule has 14 nitrogen and oxygen atoms in total. The van der Waals surface area contributed by atoms with Crippen LogP contribution in [-0.4, -0.2) is 47.0 Å². The molecular formula is C36H28Cl6N6O8S2. The Labute approximate surface area is 362 Å². The molecule has 6 rings (SSSR count). The number of benzene rings is 4. The normalized spacial score (nSPS) is 11.3. The summed E-state index contributed by atoms with van der Waals surface area (Å²) in [5.41, 5.74) is 2.75. The van der Waals surface area contributed by atoms with E-state index < -0.39 is 20.0 Å². The second-order valence-electron chi connectivity index (χ2n) is 11.4. The molecule has 0 saturated heterocycles. The number of nitrogens with one attached hydrogen (secondary N) is 2. The number of anilines is 2. The molecular weight excluding hydrogens is 921 g/mol. The molecule has 0 aliphatic carbocycles. The number of hydrogen-bond donors (Lipinski definition) is 4. The molecule has 4 aromatic carbocycles. The Kier molecular flexibility index (Phi) is 15.6. The fourth-order valence-electron chi connectivity index (χ4n) is 4.80. The predicted molar refractivity (Wildman–Crippen MR) is 222 cm³/mol. The van der Waals surface area contributed by atoms with E-state index in [0.717, 1.165) is 0 Å². The van der Waals surface area contributed by atoms with Crippen LogP contribution >= 0.6 is 69.6 Å². The molecule has 0 unspecified atom stereocenters. The molecule has 2 heterocycles. The van der Waals surface area contributed by atoms with Gasteiger partial charge in [-0.25, -0.2) is 36.8 Å². The standard InChI is InChI=1S/2C18H14Cl3N3O4S/c2*19-13-6-3-7-14(16(13)21)29(26,27)24-17-18(22-8-15(20)23-17)28-10-12-5-2-1-4-11(12)9-25/h2*1-8,25H,9-10H2,(H,23,24). The lowest BCUT2D eigenvalue weighted by Gasteiger charge is -2.14. The molecule has 304 valence electrons. The highest BCUT2D eigenvalue weighted by Gasteiger charge is 2.25. The maximum atomic E-state index is 12.8. The van der Waals surface area contributed by atoms with Crippen LogP contribution in [0.1, 0.15) is 22.3 Å². The van der Waals surface area contributed by atoms with Crippen molar-refractivity contribution < 1.29 is 36.5 Å². The van der Waals surface area contributed by atoms with Crippen LogP contribution in [0, 0.1) is 0 Å². The van der Waals surface area contributed by atoms with Crippen molar-refractivity contribution in [1.82, 2.24) is 19.9 Å². The van der Waals surface area contributed by atoms with Crippen molar-refractivity contribution in [3.05, 3.63) is 150 Å². The zero-order valence-electron chi connectivity index (χ0n) is 29.3. The summed E-state index contributed by atoms with van der Waals surface area (Å²) >= 11 is 35.6. The molecule has 0 saturated carbocycles. The van der Waals surface area contributed by atoms with E-state index in [2.05, 4.69) is 29.4 Å². The van der Waals surface area contributed by atoms with Crippen LogP contribution in [0.3, 0.4) is 0 Å². The SMILES string of the molecule is O=S(=O)(Nc1nc(Cl)cnc1OCc1ccccc1CO)c1cccc(Cl)c1Cl.O=S(=O)(Nc1nc(Cl)cnc1OCc1ccccc1CO)c1cccc(Cl)c1Cl. The summed E-state index contributed by atoms with van der Waals surface area (Å²) in [6.45, 7) is -0.281. The molecule has 0 radical (unpaired) electrons. The maximum Gasteiger partial charge on any atom is 0.264 e. The van der Waals surface area contributed by atoms with Crippen molar-refractivity contribution in [2.75, 3.05) is 9.44 Å². The van der Waals surface area contributed by atoms with Gasteiger partial charge in [0, 0.05) is 0 Å². The first-order chi connectivity index (χ1) is 27.6. The zero-order valence-corrected chi connectivity index (χ0v) is 35.5. The number of aliphatic hydroxyl groups excluding tert-OH is 2. The molecule has 0 amide bonds. The molecule has 0 bridgehead atoms. The smallest absolute Gasteiger partial charge is 0.264 e.